The Morgan fingerprint density at radius 1 is 1.33 bits per heavy atom. The van der Waals surface area contributed by atoms with Crippen LogP contribution >= 0.6 is 0 Å². The van der Waals surface area contributed by atoms with Crippen molar-refractivity contribution in [3.05, 3.63) is 58.3 Å². The van der Waals surface area contributed by atoms with Crippen LogP contribution in [0.5, 0.6) is 5.75 Å². The second-order valence-electron chi connectivity index (χ2n) is 5.00. The van der Waals surface area contributed by atoms with Gasteiger partial charge in [0.1, 0.15) is 5.75 Å². The standard InChI is InChI=1S/C15H15N3O3/c19-18(20)13-5-3-7-16-15(13)17-9-11-8-12-4-1-2-6-14(12)21-10-11/h1-7,11H,8-10H2,(H,16,17)/t11-/m1/s1. The number of pyridine rings is 1. The molecule has 2 heterocycles. The molecule has 0 unspecified atom stereocenters. The molecule has 0 spiro atoms. The van der Waals surface area contributed by atoms with Crippen LogP contribution in [-0.4, -0.2) is 23.1 Å². The maximum Gasteiger partial charge on any atom is 0.311 e. The Balaban J connectivity index is 1.66. The van der Waals surface area contributed by atoms with Crippen LogP contribution in [0.1, 0.15) is 5.56 Å². The van der Waals surface area contributed by atoms with E-state index in [1.54, 1.807) is 12.3 Å². The molecule has 6 heteroatoms. The molecule has 3 rings (SSSR count). The Kier molecular flexibility index (Phi) is 3.68. The molecule has 2 aromatic rings. The second kappa shape index (κ2) is 5.78. The molecule has 1 aliphatic heterocycles. The predicted molar refractivity (Wildman–Crippen MR) is 78.5 cm³/mol. The van der Waals surface area contributed by atoms with Crippen molar-refractivity contribution in [1.29, 1.82) is 0 Å². The first-order chi connectivity index (χ1) is 10.2. The number of fused-ring (bicyclic) bond motifs is 1. The highest BCUT2D eigenvalue weighted by molar-refractivity contribution is 5.55. The van der Waals surface area contributed by atoms with Gasteiger partial charge in [0, 0.05) is 24.7 Å². The predicted octanol–water partition coefficient (Wildman–Crippen LogP) is 2.65. The average molecular weight is 285 g/mol. The highest BCUT2D eigenvalue weighted by Gasteiger charge is 2.21. The van der Waals surface area contributed by atoms with Crippen molar-refractivity contribution in [3.63, 3.8) is 0 Å². The summed E-state index contributed by atoms with van der Waals surface area (Å²) in [4.78, 5) is 14.5. The van der Waals surface area contributed by atoms with E-state index >= 15 is 0 Å². The summed E-state index contributed by atoms with van der Waals surface area (Å²) < 4.78 is 5.71. The zero-order valence-electron chi connectivity index (χ0n) is 11.4. The fourth-order valence-corrected chi connectivity index (χ4v) is 2.44. The van der Waals surface area contributed by atoms with Gasteiger partial charge in [-0.1, -0.05) is 18.2 Å². The number of nitro groups is 1. The van der Waals surface area contributed by atoms with Gasteiger partial charge in [0.15, 0.2) is 0 Å². The Hall–Kier alpha value is -2.63. The minimum absolute atomic E-state index is 0.00497. The zero-order valence-corrected chi connectivity index (χ0v) is 11.4. The topological polar surface area (TPSA) is 77.3 Å². The molecule has 1 aromatic heterocycles. The number of aromatic nitrogens is 1. The zero-order chi connectivity index (χ0) is 14.7. The number of benzene rings is 1. The summed E-state index contributed by atoms with van der Waals surface area (Å²) in [6.45, 7) is 1.19. The van der Waals surface area contributed by atoms with E-state index in [4.69, 9.17) is 4.74 Å². The number of ether oxygens (including phenoxy) is 1. The molecule has 0 saturated heterocycles. The summed E-state index contributed by atoms with van der Waals surface area (Å²) in [5, 5.41) is 14.0. The Labute approximate surface area is 121 Å². The number of rotatable bonds is 4. The van der Waals surface area contributed by atoms with Crippen LogP contribution in [0, 0.1) is 16.0 Å². The van der Waals surface area contributed by atoms with E-state index in [9.17, 15) is 10.1 Å². The van der Waals surface area contributed by atoms with Gasteiger partial charge in [-0.25, -0.2) is 4.98 Å². The smallest absolute Gasteiger partial charge is 0.311 e. The number of nitrogens with one attached hydrogen (secondary N) is 1. The molecule has 1 N–H and O–H groups in total. The van der Waals surface area contributed by atoms with Gasteiger partial charge in [0.2, 0.25) is 5.82 Å². The largest absolute Gasteiger partial charge is 0.493 e. The average Bonchev–Trinajstić information content (AvgIpc) is 2.53. The Bertz CT molecular complexity index is 660. The Morgan fingerprint density at radius 3 is 3.05 bits per heavy atom. The lowest BCUT2D eigenvalue weighted by molar-refractivity contribution is -0.384. The first-order valence-corrected chi connectivity index (χ1v) is 6.78. The third-order valence-electron chi connectivity index (χ3n) is 3.50. The highest BCUT2D eigenvalue weighted by Crippen LogP contribution is 2.27. The van der Waals surface area contributed by atoms with E-state index in [0.717, 1.165) is 12.2 Å². The molecule has 0 saturated carbocycles. The molecule has 0 fully saturated rings. The fraction of sp³-hybridized carbons (Fsp3) is 0.267. The van der Waals surface area contributed by atoms with Crippen molar-refractivity contribution in [3.8, 4) is 5.75 Å². The van der Waals surface area contributed by atoms with Crippen molar-refractivity contribution in [2.45, 2.75) is 6.42 Å². The van der Waals surface area contributed by atoms with Crippen LogP contribution in [-0.2, 0) is 6.42 Å². The summed E-state index contributed by atoms with van der Waals surface area (Å²) in [6.07, 6.45) is 2.44. The number of hydrogen-bond acceptors (Lipinski definition) is 5. The van der Waals surface area contributed by atoms with Crippen LogP contribution in [0.3, 0.4) is 0 Å². The van der Waals surface area contributed by atoms with Gasteiger partial charge in [0.05, 0.1) is 11.5 Å². The number of anilines is 1. The third kappa shape index (κ3) is 2.94. The van der Waals surface area contributed by atoms with Crippen molar-refractivity contribution >= 4 is 11.5 Å². The van der Waals surface area contributed by atoms with Gasteiger partial charge in [-0.2, -0.15) is 0 Å². The lowest BCUT2D eigenvalue weighted by Gasteiger charge is -2.25. The number of hydrogen-bond donors (Lipinski definition) is 1. The lowest BCUT2D eigenvalue weighted by Crippen LogP contribution is -2.27. The van der Waals surface area contributed by atoms with Crippen LogP contribution in [0.4, 0.5) is 11.5 Å². The lowest BCUT2D eigenvalue weighted by atomic mass is 9.97. The quantitative estimate of drug-likeness (QED) is 0.690. The molecule has 1 aromatic carbocycles. The van der Waals surface area contributed by atoms with Crippen molar-refractivity contribution in [1.82, 2.24) is 4.98 Å². The van der Waals surface area contributed by atoms with Crippen LogP contribution in [0.25, 0.3) is 0 Å². The molecule has 0 aliphatic carbocycles. The highest BCUT2D eigenvalue weighted by atomic mass is 16.6. The summed E-state index contributed by atoms with van der Waals surface area (Å²) in [7, 11) is 0. The number of nitrogens with zero attached hydrogens (tertiary/aromatic N) is 2. The number of para-hydroxylation sites is 1. The second-order valence-corrected chi connectivity index (χ2v) is 5.00. The third-order valence-corrected chi connectivity index (χ3v) is 3.50. The Morgan fingerprint density at radius 2 is 2.19 bits per heavy atom. The van der Waals surface area contributed by atoms with E-state index in [-0.39, 0.29) is 11.6 Å². The van der Waals surface area contributed by atoms with Gasteiger partial charge in [-0.15, -0.1) is 0 Å². The van der Waals surface area contributed by atoms with Crippen molar-refractivity contribution < 1.29 is 9.66 Å². The summed E-state index contributed by atoms with van der Waals surface area (Å²) >= 11 is 0. The van der Waals surface area contributed by atoms with Gasteiger partial charge in [0.25, 0.3) is 0 Å². The molecule has 21 heavy (non-hydrogen) atoms. The molecular weight excluding hydrogens is 270 g/mol. The van der Waals surface area contributed by atoms with Gasteiger partial charge in [-0.05, 0) is 24.1 Å². The molecule has 0 bridgehead atoms. The molecule has 0 radical (unpaired) electrons. The summed E-state index contributed by atoms with van der Waals surface area (Å²) in [5.74, 6) is 1.50. The van der Waals surface area contributed by atoms with Crippen LogP contribution in [0.2, 0.25) is 0 Å². The van der Waals surface area contributed by atoms with E-state index < -0.39 is 4.92 Å². The van der Waals surface area contributed by atoms with Gasteiger partial charge >= 0.3 is 5.69 Å². The summed E-state index contributed by atoms with van der Waals surface area (Å²) in [6, 6.07) is 11.0. The van der Waals surface area contributed by atoms with E-state index in [1.165, 1.54) is 11.6 Å². The van der Waals surface area contributed by atoms with E-state index in [1.807, 2.05) is 24.3 Å². The van der Waals surface area contributed by atoms with Gasteiger partial charge < -0.3 is 10.1 Å². The maximum absolute atomic E-state index is 10.9. The minimum Gasteiger partial charge on any atom is -0.493 e. The van der Waals surface area contributed by atoms with Crippen LogP contribution < -0.4 is 10.1 Å². The monoisotopic (exact) mass is 285 g/mol. The maximum atomic E-state index is 10.9. The fourth-order valence-electron chi connectivity index (χ4n) is 2.44. The molecule has 1 atom stereocenters. The summed E-state index contributed by atoms with van der Waals surface area (Å²) in [5.41, 5.74) is 1.17. The first kappa shape index (κ1) is 13.4. The first-order valence-electron chi connectivity index (χ1n) is 6.78. The van der Waals surface area contributed by atoms with Gasteiger partial charge in [-0.3, -0.25) is 10.1 Å². The minimum atomic E-state index is -0.429. The molecule has 0 amide bonds. The normalized spacial score (nSPS) is 16.7. The molecular formula is C15H15N3O3. The van der Waals surface area contributed by atoms with E-state index in [0.29, 0.717) is 19.0 Å². The SMILES string of the molecule is O=[N+]([O-])c1cccnc1NC[C@@H]1COc2ccccc2C1. The van der Waals surface area contributed by atoms with Crippen molar-refractivity contribution in [2.75, 3.05) is 18.5 Å². The van der Waals surface area contributed by atoms with E-state index in [2.05, 4.69) is 10.3 Å². The van der Waals surface area contributed by atoms with Crippen molar-refractivity contribution in [2.24, 2.45) is 5.92 Å². The molecule has 6 nitrogen and oxygen atoms in total. The molecule has 108 valence electrons. The van der Waals surface area contributed by atoms with Crippen LogP contribution in [0.15, 0.2) is 42.6 Å². The molecule has 1 aliphatic rings.